The monoisotopic (exact) mass is 335 g/mol. The second kappa shape index (κ2) is 6.90. The van der Waals surface area contributed by atoms with E-state index in [1.807, 2.05) is 0 Å². The van der Waals surface area contributed by atoms with E-state index in [1.54, 1.807) is 52.0 Å². The average Bonchev–Trinajstić information content (AvgIpc) is 2.48. The molecule has 0 radical (unpaired) electrons. The molecule has 2 rings (SSSR count). The van der Waals surface area contributed by atoms with Gasteiger partial charge in [0.15, 0.2) is 0 Å². The smallest absolute Gasteiger partial charge is 0.357 e. The lowest BCUT2D eigenvalue weighted by Crippen LogP contribution is -2.52. The summed E-state index contributed by atoms with van der Waals surface area (Å²) in [4.78, 5) is 37.9. The SMILES string of the molecule is CCOC(=O)C1Oc2ccccc2N(CC(=O)OC(C)(C)C)C1=O. The van der Waals surface area contributed by atoms with Crippen molar-refractivity contribution in [2.24, 2.45) is 0 Å². The minimum atomic E-state index is -1.43. The van der Waals surface area contributed by atoms with E-state index in [1.165, 1.54) is 4.90 Å². The van der Waals surface area contributed by atoms with Gasteiger partial charge in [-0.15, -0.1) is 0 Å². The number of nitrogens with zero attached hydrogens (tertiary/aromatic N) is 1. The van der Waals surface area contributed by atoms with Gasteiger partial charge in [0, 0.05) is 0 Å². The highest BCUT2D eigenvalue weighted by molar-refractivity contribution is 6.12. The van der Waals surface area contributed by atoms with Crippen molar-refractivity contribution in [2.45, 2.75) is 39.4 Å². The highest BCUT2D eigenvalue weighted by atomic mass is 16.6. The van der Waals surface area contributed by atoms with Crippen molar-refractivity contribution >= 4 is 23.5 Å². The number of amides is 1. The number of hydrogen-bond acceptors (Lipinski definition) is 6. The third-order valence-corrected chi connectivity index (χ3v) is 3.10. The molecule has 1 amide bonds. The number of benzene rings is 1. The lowest BCUT2D eigenvalue weighted by Gasteiger charge is -2.33. The minimum Gasteiger partial charge on any atom is -0.466 e. The Hall–Kier alpha value is -2.57. The van der Waals surface area contributed by atoms with Crippen LogP contribution in [0.25, 0.3) is 0 Å². The average molecular weight is 335 g/mol. The molecule has 130 valence electrons. The van der Waals surface area contributed by atoms with E-state index in [0.717, 1.165) is 0 Å². The molecule has 1 aliphatic rings. The van der Waals surface area contributed by atoms with Crippen molar-refractivity contribution < 1.29 is 28.6 Å². The Bertz CT molecular complexity index is 649. The molecule has 0 N–H and O–H groups in total. The Labute approximate surface area is 140 Å². The topological polar surface area (TPSA) is 82.1 Å². The summed E-state index contributed by atoms with van der Waals surface area (Å²) < 4.78 is 15.6. The normalized spacial score (nSPS) is 16.9. The largest absolute Gasteiger partial charge is 0.466 e. The molecule has 1 aromatic rings. The molecule has 0 bridgehead atoms. The van der Waals surface area contributed by atoms with Gasteiger partial charge in [-0.2, -0.15) is 0 Å². The van der Waals surface area contributed by atoms with E-state index >= 15 is 0 Å². The summed E-state index contributed by atoms with van der Waals surface area (Å²) in [5.74, 6) is -1.68. The molecule has 1 aromatic carbocycles. The van der Waals surface area contributed by atoms with Crippen LogP contribution in [0.2, 0.25) is 0 Å². The van der Waals surface area contributed by atoms with Gasteiger partial charge in [-0.05, 0) is 39.8 Å². The zero-order chi connectivity index (χ0) is 17.9. The van der Waals surface area contributed by atoms with Crippen LogP contribution in [0.5, 0.6) is 5.75 Å². The first-order valence-electron chi connectivity index (χ1n) is 7.68. The number of hydrogen-bond donors (Lipinski definition) is 0. The number of carbonyl (C=O) groups is 3. The van der Waals surface area contributed by atoms with Crippen LogP contribution in [-0.2, 0) is 23.9 Å². The van der Waals surface area contributed by atoms with Crippen molar-refractivity contribution in [3.63, 3.8) is 0 Å². The number of esters is 2. The molecule has 1 atom stereocenters. The van der Waals surface area contributed by atoms with E-state index < -0.39 is 29.6 Å². The summed E-state index contributed by atoms with van der Waals surface area (Å²) in [6.45, 7) is 6.66. The zero-order valence-electron chi connectivity index (χ0n) is 14.2. The van der Waals surface area contributed by atoms with E-state index in [-0.39, 0.29) is 13.2 Å². The highest BCUT2D eigenvalue weighted by Gasteiger charge is 2.41. The number of ether oxygens (including phenoxy) is 3. The molecule has 0 fully saturated rings. The van der Waals surface area contributed by atoms with Gasteiger partial charge in [0.25, 0.3) is 12.0 Å². The van der Waals surface area contributed by atoms with Gasteiger partial charge < -0.3 is 14.2 Å². The molecule has 1 unspecified atom stereocenters. The fraction of sp³-hybridized carbons (Fsp3) is 0.471. The van der Waals surface area contributed by atoms with Crippen molar-refractivity contribution in [1.82, 2.24) is 0 Å². The standard InChI is InChI=1S/C17H21NO6/c1-5-22-16(21)14-15(20)18(10-13(19)24-17(2,3)4)11-8-6-7-9-12(11)23-14/h6-9,14H,5,10H2,1-4H3. The first kappa shape index (κ1) is 17.8. The molecule has 7 heteroatoms. The quantitative estimate of drug-likeness (QED) is 0.615. The fourth-order valence-corrected chi connectivity index (χ4v) is 2.25. The molecule has 0 aromatic heterocycles. The van der Waals surface area contributed by atoms with Gasteiger partial charge in [-0.25, -0.2) is 4.79 Å². The van der Waals surface area contributed by atoms with Gasteiger partial charge in [0.05, 0.1) is 12.3 Å². The van der Waals surface area contributed by atoms with Crippen molar-refractivity contribution in [3.05, 3.63) is 24.3 Å². The molecular formula is C17H21NO6. The van der Waals surface area contributed by atoms with Crippen molar-refractivity contribution in [3.8, 4) is 5.75 Å². The van der Waals surface area contributed by atoms with Gasteiger partial charge >= 0.3 is 11.9 Å². The van der Waals surface area contributed by atoms with Gasteiger partial charge in [-0.3, -0.25) is 14.5 Å². The predicted molar refractivity (Wildman–Crippen MR) is 85.7 cm³/mol. The number of para-hydroxylation sites is 2. The summed E-state index contributed by atoms with van der Waals surface area (Å²) in [6, 6.07) is 6.68. The lowest BCUT2D eigenvalue weighted by atomic mass is 10.1. The number of rotatable bonds is 4. The van der Waals surface area contributed by atoms with Gasteiger partial charge in [-0.1, -0.05) is 12.1 Å². The molecule has 1 heterocycles. The molecule has 0 saturated heterocycles. The molecule has 1 aliphatic heterocycles. The second-order valence-corrected chi connectivity index (χ2v) is 6.23. The van der Waals surface area contributed by atoms with E-state index in [2.05, 4.69) is 0 Å². The summed E-state index contributed by atoms with van der Waals surface area (Å²) >= 11 is 0. The van der Waals surface area contributed by atoms with Crippen molar-refractivity contribution in [1.29, 1.82) is 0 Å². The lowest BCUT2D eigenvalue weighted by molar-refractivity contribution is -0.158. The fourth-order valence-electron chi connectivity index (χ4n) is 2.25. The van der Waals surface area contributed by atoms with Crippen LogP contribution >= 0.6 is 0 Å². The molecule has 0 aliphatic carbocycles. The van der Waals surface area contributed by atoms with Crippen LogP contribution < -0.4 is 9.64 Å². The summed E-state index contributed by atoms with van der Waals surface area (Å²) in [5.41, 5.74) is -0.263. The zero-order valence-corrected chi connectivity index (χ0v) is 14.2. The Balaban J connectivity index is 2.28. The number of fused-ring (bicyclic) bond motifs is 1. The van der Waals surface area contributed by atoms with Gasteiger partial charge in [0.1, 0.15) is 17.9 Å². The van der Waals surface area contributed by atoms with E-state index in [0.29, 0.717) is 11.4 Å². The maximum atomic E-state index is 12.6. The first-order chi connectivity index (χ1) is 11.2. The van der Waals surface area contributed by atoms with Crippen molar-refractivity contribution in [2.75, 3.05) is 18.1 Å². The minimum absolute atomic E-state index is 0.125. The third-order valence-electron chi connectivity index (χ3n) is 3.10. The molecule has 7 nitrogen and oxygen atoms in total. The predicted octanol–water partition coefficient (Wildman–Crippen LogP) is 1.69. The highest BCUT2D eigenvalue weighted by Crippen LogP contribution is 2.34. The van der Waals surface area contributed by atoms with Crippen LogP contribution in [0.4, 0.5) is 5.69 Å². The van der Waals surface area contributed by atoms with Crippen LogP contribution in [-0.4, -0.2) is 42.7 Å². The van der Waals surface area contributed by atoms with Crippen LogP contribution in [0.1, 0.15) is 27.7 Å². The summed E-state index contributed by atoms with van der Waals surface area (Å²) in [5, 5.41) is 0. The summed E-state index contributed by atoms with van der Waals surface area (Å²) in [6.07, 6.45) is -1.43. The molecular weight excluding hydrogens is 314 g/mol. The first-order valence-corrected chi connectivity index (χ1v) is 7.68. The Morgan fingerprint density at radius 1 is 1.25 bits per heavy atom. The van der Waals surface area contributed by atoms with Crippen LogP contribution in [0, 0.1) is 0 Å². The van der Waals surface area contributed by atoms with Crippen LogP contribution in [0.15, 0.2) is 24.3 Å². The molecule has 0 spiro atoms. The Kier molecular flexibility index (Phi) is 5.11. The van der Waals surface area contributed by atoms with Crippen LogP contribution in [0.3, 0.4) is 0 Å². The molecule has 0 saturated carbocycles. The number of carbonyl (C=O) groups excluding carboxylic acids is 3. The Morgan fingerprint density at radius 3 is 2.54 bits per heavy atom. The summed E-state index contributed by atoms with van der Waals surface area (Å²) in [7, 11) is 0. The Morgan fingerprint density at radius 2 is 1.92 bits per heavy atom. The van der Waals surface area contributed by atoms with E-state index in [9.17, 15) is 14.4 Å². The van der Waals surface area contributed by atoms with Gasteiger partial charge in [0.2, 0.25) is 0 Å². The second-order valence-electron chi connectivity index (χ2n) is 6.23. The van der Waals surface area contributed by atoms with E-state index in [4.69, 9.17) is 14.2 Å². The number of anilines is 1. The molecule has 24 heavy (non-hydrogen) atoms. The maximum Gasteiger partial charge on any atom is 0.357 e. The maximum absolute atomic E-state index is 12.6. The third kappa shape index (κ3) is 4.04.